The Hall–Kier alpha value is -2.80. The molecule has 1 N–H and O–H groups in total. The summed E-state index contributed by atoms with van der Waals surface area (Å²) >= 11 is 0. The number of H-pyrrole nitrogens is 1. The summed E-state index contributed by atoms with van der Waals surface area (Å²) in [4.78, 5) is 21.1. The number of rotatable bonds is 4. The highest BCUT2D eigenvalue weighted by Gasteiger charge is 2.36. The Morgan fingerprint density at radius 1 is 1.23 bits per heavy atom. The molecule has 3 aromatic rings. The van der Waals surface area contributed by atoms with Crippen LogP contribution in [0.1, 0.15) is 16.2 Å². The summed E-state index contributed by atoms with van der Waals surface area (Å²) in [6.45, 7) is 0.252. The van der Waals surface area contributed by atoms with Crippen LogP contribution in [-0.2, 0) is 11.3 Å². The number of alkyl halides is 1. The Balaban J connectivity index is 1.39. The normalized spacial score (nSPS) is 20.0. The number of aromatic amines is 1. The standard InChI is InChI=1S/C19H17F2N3O2/c20-13-6-7-15-16(8-13)23-18(22-15)11-26-17-10-24(9-14(17)21)19(25)12-4-2-1-3-5-12/h1-8,14,17H,9-11H2,(H,22,23)/t14-,17+/m1/s1. The monoisotopic (exact) mass is 357 g/mol. The van der Waals surface area contributed by atoms with Crippen molar-refractivity contribution in [3.8, 4) is 0 Å². The number of hydrogen-bond acceptors (Lipinski definition) is 3. The molecule has 0 aliphatic carbocycles. The maximum Gasteiger partial charge on any atom is 0.254 e. The van der Waals surface area contributed by atoms with Crippen LogP contribution in [0.3, 0.4) is 0 Å². The third-order valence-corrected chi connectivity index (χ3v) is 4.43. The van der Waals surface area contributed by atoms with Gasteiger partial charge in [-0.15, -0.1) is 0 Å². The molecule has 1 aliphatic heterocycles. The summed E-state index contributed by atoms with van der Waals surface area (Å²) in [5.74, 6) is -0.0764. The molecule has 7 heteroatoms. The predicted octanol–water partition coefficient (Wildman–Crippen LogP) is 3.08. The van der Waals surface area contributed by atoms with E-state index in [0.29, 0.717) is 22.4 Å². The second-order valence-electron chi connectivity index (χ2n) is 6.29. The molecule has 26 heavy (non-hydrogen) atoms. The molecule has 0 saturated carbocycles. The fraction of sp³-hybridized carbons (Fsp3) is 0.263. The van der Waals surface area contributed by atoms with Gasteiger partial charge in [-0.1, -0.05) is 18.2 Å². The van der Waals surface area contributed by atoms with Crippen molar-refractivity contribution in [1.29, 1.82) is 0 Å². The van der Waals surface area contributed by atoms with Gasteiger partial charge in [0.05, 0.1) is 24.1 Å². The number of amides is 1. The van der Waals surface area contributed by atoms with Crippen LogP contribution < -0.4 is 0 Å². The summed E-state index contributed by atoms with van der Waals surface area (Å²) in [7, 11) is 0. The molecule has 1 aliphatic rings. The lowest BCUT2D eigenvalue weighted by Crippen LogP contribution is -2.30. The highest BCUT2D eigenvalue weighted by Crippen LogP contribution is 2.21. The molecule has 0 spiro atoms. The average molecular weight is 357 g/mol. The predicted molar refractivity (Wildman–Crippen MR) is 91.9 cm³/mol. The first kappa shape index (κ1) is 16.7. The van der Waals surface area contributed by atoms with Crippen LogP contribution in [0.5, 0.6) is 0 Å². The van der Waals surface area contributed by atoms with Crippen LogP contribution in [0.2, 0.25) is 0 Å². The molecular weight excluding hydrogens is 340 g/mol. The Kier molecular flexibility index (Phi) is 4.38. The third-order valence-electron chi connectivity index (χ3n) is 4.43. The average Bonchev–Trinajstić information content (AvgIpc) is 3.22. The van der Waals surface area contributed by atoms with E-state index in [4.69, 9.17) is 4.74 Å². The minimum absolute atomic E-state index is 0.00371. The van der Waals surface area contributed by atoms with Gasteiger partial charge in [-0.2, -0.15) is 0 Å². The zero-order valence-corrected chi connectivity index (χ0v) is 13.9. The number of imidazole rings is 1. The molecule has 134 valence electrons. The maximum absolute atomic E-state index is 14.3. The Labute approximate surface area is 148 Å². The molecule has 0 unspecified atom stereocenters. The van der Waals surface area contributed by atoms with Crippen LogP contribution in [0.4, 0.5) is 8.78 Å². The van der Waals surface area contributed by atoms with E-state index in [0.717, 1.165) is 0 Å². The van der Waals surface area contributed by atoms with Gasteiger partial charge < -0.3 is 14.6 Å². The lowest BCUT2D eigenvalue weighted by molar-refractivity contribution is 0.00887. The molecular formula is C19H17F2N3O2. The second kappa shape index (κ2) is 6.84. The minimum atomic E-state index is -1.26. The van der Waals surface area contributed by atoms with Gasteiger partial charge >= 0.3 is 0 Å². The number of benzene rings is 2. The molecule has 2 atom stereocenters. The van der Waals surface area contributed by atoms with Gasteiger partial charge in [-0.3, -0.25) is 4.79 Å². The van der Waals surface area contributed by atoms with Gasteiger partial charge in [0.2, 0.25) is 0 Å². The number of hydrogen-bond donors (Lipinski definition) is 1. The van der Waals surface area contributed by atoms with Crippen molar-refractivity contribution in [2.24, 2.45) is 0 Å². The number of ether oxygens (including phenoxy) is 1. The molecule has 2 aromatic carbocycles. The van der Waals surface area contributed by atoms with Crippen molar-refractivity contribution in [2.45, 2.75) is 18.9 Å². The maximum atomic E-state index is 14.3. The zero-order valence-electron chi connectivity index (χ0n) is 13.9. The fourth-order valence-electron chi connectivity index (χ4n) is 3.11. The fourth-order valence-corrected chi connectivity index (χ4v) is 3.11. The number of aromatic nitrogens is 2. The lowest BCUT2D eigenvalue weighted by Gasteiger charge is -2.16. The van der Waals surface area contributed by atoms with Crippen molar-refractivity contribution in [1.82, 2.24) is 14.9 Å². The molecule has 5 nitrogen and oxygen atoms in total. The molecule has 0 bridgehead atoms. The molecule has 1 aromatic heterocycles. The van der Waals surface area contributed by atoms with Gasteiger partial charge in [0.1, 0.15) is 30.5 Å². The minimum Gasteiger partial charge on any atom is -0.365 e. The van der Waals surface area contributed by atoms with Crippen molar-refractivity contribution < 1.29 is 18.3 Å². The Morgan fingerprint density at radius 3 is 2.85 bits per heavy atom. The Bertz CT molecular complexity index is 929. The summed E-state index contributed by atoms with van der Waals surface area (Å²) in [6, 6.07) is 13.0. The molecule has 2 heterocycles. The first-order valence-corrected chi connectivity index (χ1v) is 8.34. The SMILES string of the molecule is O=C(c1ccccc1)N1C[C@@H](F)[C@@H](OCc2nc3ccc(F)cc3[nH]2)C1. The topological polar surface area (TPSA) is 58.2 Å². The van der Waals surface area contributed by atoms with E-state index in [-0.39, 0.29) is 31.4 Å². The summed E-state index contributed by atoms with van der Waals surface area (Å²) in [6.07, 6.45) is -1.97. The van der Waals surface area contributed by atoms with E-state index >= 15 is 0 Å². The van der Waals surface area contributed by atoms with Crippen LogP contribution in [-0.4, -0.2) is 46.1 Å². The van der Waals surface area contributed by atoms with Gasteiger partial charge in [0.25, 0.3) is 5.91 Å². The lowest BCUT2D eigenvalue weighted by atomic mass is 10.2. The van der Waals surface area contributed by atoms with E-state index in [1.165, 1.54) is 17.0 Å². The van der Waals surface area contributed by atoms with E-state index in [1.807, 2.05) is 6.07 Å². The summed E-state index contributed by atoms with van der Waals surface area (Å²) in [5, 5.41) is 0. The van der Waals surface area contributed by atoms with Crippen LogP contribution in [0.25, 0.3) is 11.0 Å². The number of carbonyl (C=O) groups is 1. The van der Waals surface area contributed by atoms with Gasteiger partial charge in [-0.25, -0.2) is 13.8 Å². The highest BCUT2D eigenvalue weighted by molar-refractivity contribution is 5.94. The van der Waals surface area contributed by atoms with E-state index in [1.54, 1.807) is 30.3 Å². The molecule has 4 rings (SSSR count). The smallest absolute Gasteiger partial charge is 0.254 e. The third kappa shape index (κ3) is 3.30. The largest absolute Gasteiger partial charge is 0.365 e. The van der Waals surface area contributed by atoms with E-state index in [9.17, 15) is 13.6 Å². The van der Waals surface area contributed by atoms with Gasteiger partial charge in [-0.05, 0) is 30.3 Å². The van der Waals surface area contributed by atoms with Crippen LogP contribution in [0.15, 0.2) is 48.5 Å². The van der Waals surface area contributed by atoms with Gasteiger partial charge in [0, 0.05) is 5.56 Å². The van der Waals surface area contributed by atoms with Gasteiger partial charge in [0.15, 0.2) is 0 Å². The number of carbonyl (C=O) groups excluding carboxylic acids is 1. The van der Waals surface area contributed by atoms with Crippen LogP contribution >= 0.6 is 0 Å². The van der Waals surface area contributed by atoms with Crippen LogP contribution in [0, 0.1) is 5.82 Å². The van der Waals surface area contributed by atoms with Crippen molar-refractivity contribution in [2.75, 3.05) is 13.1 Å². The van der Waals surface area contributed by atoms with E-state index < -0.39 is 12.3 Å². The first-order chi connectivity index (χ1) is 12.6. The molecule has 1 amide bonds. The zero-order chi connectivity index (χ0) is 18.1. The molecule has 0 radical (unpaired) electrons. The second-order valence-corrected chi connectivity index (χ2v) is 6.29. The number of nitrogens with zero attached hydrogens (tertiary/aromatic N) is 2. The number of nitrogens with one attached hydrogen (secondary N) is 1. The Morgan fingerprint density at radius 2 is 2.04 bits per heavy atom. The number of likely N-dealkylation sites (tertiary alicyclic amines) is 1. The summed E-state index contributed by atoms with van der Waals surface area (Å²) < 4.78 is 33.1. The highest BCUT2D eigenvalue weighted by atomic mass is 19.1. The van der Waals surface area contributed by atoms with Crippen molar-refractivity contribution in [3.63, 3.8) is 0 Å². The molecule has 1 fully saturated rings. The van der Waals surface area contributed by atoms with Crippen molar-refractivity contribution in [3.05, 3.63) is 65.7 Å². The molecule has 1 saturated heterocycles. The number of halogens is 2. The first-order valence-electron chi connectivity index (χ1n) is 8.34. The number of fused-ring (bicyclic) bond motifs is 1. The quantitative estimate of drug-likeness (QED) is 0.781. The summed E-state index contributed by atoms with van der Waals surface area (Å²) in [5.41, 5.74) is 1.71. The van der Waals surface area contributed by atoms with E-state index in [2.05, 4.69) is 9.97 Å². The van der Waals surface area contributed by atoms with Crippen molar-refractivity contribution >= 4 is 16.9 Å².